The van der Waals surface area contributed by atoms with Crippen molar-refractivity contribution in [1.82, 2.24) is 0 Å². The van der Waals surface area contributed by atoms with Gasteiger partial charge in [-0.15, -0.1) is 0 Å². The number of carbonyl (C=O) groups is 2. The van der Waals surface area contributed by atoms with Crippen molar-refractivity contribution in [3.8, 4) is 5.75 Å². The molecule has 0 saturated carbocycles. The Morgan fingerprint density at radius 1 is 1.20 bits per heavy atom. The molecular weight excluding hydrogens is 322 g/mol. The van der Waals surface area contributed by atoms with E-state index in [4.69, 9.17) is 14.6 Å². The number of hydrogen-bond donors (Lipinski definition) is 1. The lowest BCUT2D eigenvalue weighted by Gasteiger charge is -2.29. The number of carboxylic acids is 1. The number of anilines is 1. The van der Waals surface area contributed by atoms with E-state index in [1.165, 1.54) is 4.90 Å². The lowest BCUT2D eigenvalue weighted by atomic mass is 9.97. The topological polar surface area (TPSA) is 76.1 Å². The van der Waals surface area contributed by atoms with Gasteiger partial charge in [0.25, 0.3) is 5.91 Å². The number of aliphatic carboxylic acids is 1. The first-order valence-electron chi connectivity index (χ1n) is 7.98. The van der Waals surface area contributed by atoms with Crippen molar-refractivity contribution in [2.75, 3.05) is 25.2 Å². The molecular formula is C19H19NO5. The number of hydrogen-bond acceptors (Lipinski definition) is 4. The van der Waals surface area contributed by atoms with E-state index in [-0.39, 0.29) is 5.91 Å². The minimum absolute atomic E-state index is 0.147. The Morgan fingerprint density at radius 3 is 2.64 bits per heavy atom. The Hall–Kier alpha value is -2.86. The fourth-order valence-electron chi connectivity index (χ4n) is 2.81. The van der Waals surface area contributed by atoms with Crippen molar-refractivity contribution in [3.63, 3.8) is 0 Å². The maximum atomic E-state index is 12.9. The van der Waals surface area contributed by atoms with E-state index in [9.17, 15) is 9.59 Å². The third kappa shape index (κ3) is 3.80. The predicted molar refractivity (Wildman–Crippen MR) is 91.8 cm³/mol. The van der Waals surface area contributed by atoms with Crippen LogP contribution >= 0.6 is 0 Å². The van der Waals surface area contributed by atoms with Crippen LogP contribution in [0.15, 0.2) is 48.5 Å². The summed E-state index contributed by atoms with van der Waals surface area (Å²) in [5.41, 5.74) is 2.73. The van der Waals surface area contributed by atoms with Gasteiger partial charge in [0, 0.05) is 12.7 Å². The molecule has 1 N–H and O–H groups in total. The van der Waals surface area contributed by atoms with Crippen LogP contribution in [0.1, 0.15) is 17.2 Å². The van der Waals surface area contributed by atoms with Crippen molar-refractivity contribution in [2.24, 2.45) is 0 Å². The average Bonchev–Trinajstić information content (AvgIpc) is 2.65. The van der Waals surface area contributed by atoms with Crippen molar-refractivity contribution in [1.29, 1.82) is 0 Å². The zero-order chi connectivity index (χ0) is 17.8. The zero-order valence-electron chi connectivity index (χ0n) is 13.8. The van der Waals surface area contributed by atoms with Crippen LogP contribution in [0.2, 0.25) is 0 Å². The monoisotopic (exact) mass is 341 g/mol. The first kappa shape index (κ1) is 17.0. The smallest absolute Gasteiger partial charge is 0.341 e. The molecule has 0 spiro atoms. The van der Waals surface area contributed by atoms with Crippen LogP contribution in [-0.2, 0) is 20.7 Å². The maximum absolute atomic E-state index is 12.9. The Kier molecular flexibility index (Phi) is 5.00. The molecule has 1 aliphatic rings. The second kappa shape index (κ2) is 7.36. The summed E-state index contributed by atoms with van der Waals surface area (Å²) in [7, 11) is 1.69. The molecule has 6 nitrogen and oxygen atoms in total. The summed E-state index contributed by atoms with van der Waals surface area (Å²) in [6.07, 6.45) is 0.192. The highest BCUT2D eigenvalue weighted by Gasteiger charge is 2.30. The van der Waals surface area contributed by atoms with Crippen LogP contribution in [0.4, 0.5) is 5.69 Å². The molecule has 25 heavy (non-hydrogen) atoms. The van der Waals surface area contributed by atoms with E-state index in [0.29, 0.717) is 18.0 Å². The number of carboxylic acid groups (broad SMARTS) is 1. The zero-order valence-corrected chi connectivity index (χ0v) is 13.8. The maximum Gasteiger partial charge on any atom is 0.341 e. The van der Waals surface area contributed by atoms with Gasteiger partial charge in [-0.05, 0) is 41.8 Å². The highest BCUT2D eigenvalue weighted by Crippen LogP contribution is 2.30. The molecule has 0 radical (unpaired) electrons. The van der Waals surface area contributed by atoms with E-state index >= 15 is 0 Å². The number of likely N-dealkylation sites (N-methyl/N-ethyl adjacent to an activating group) is 1. The van der Waals surface area contributed by atoms with Crippen molar-refractivity contribution < 1.29 is 24.2 Å². The third-order valence-corrected chi connectivity index (χ3v) is 4.13. The molecule has 1 heterocycles. The van der Waals surface area contributed by atoms with Crippen LogP contribution < -0.4 is 9.64 Å². The second-order valence-corrected chi connectivity index (χ2v) is 5.77. The van der Waals surface area contributed by atoms with Crippen LogP contribution in [-0.4, -0.2) is 37.2 Å². The number of rotatable bonds is 5. The molecule has 3 rings (SSSR count). The number of benzene rings is 2. The minimum Gasteiger partial charge on any atom is -0.482 e. The Labute approximate surface area is 145 Å². The Morgan fingerprint density at radius 2 is 1.92 bits per heavy atom. The van der Waals surface area contributed by atoms with E-state index in [0.717, 1.165) is 17.5 Å². The largest absolute Gasteiger partial charge is 0.482 e. The lowest BCUT2D eigenvalue weighted by molar-refractivity contribution is -0.139. The first-order chi connectivity index (χ1) is 12.1. The summed E-state index contributed by atoms with van der Waals surface area (Å²) in [5.74, 6) is -0.748. The molecule has 1 amide bonds. The quantitative estimate of drug-likeness (QED) is 0.904. The number of fused-ring (bicyclic) bond motifs is 1. The number of nitrogens with zero attached hydrogens (tertiary/aromatic N) is 1. The van der Waals surface area contributed by atoms with E-state index in [1.54, 1.807) is 31.3 Å². The molecule has 0 aliphatic carbocycles. The summed E-state index contributed by atoms with van der Waals surface area (Å²) in [6.45, 7) is 0.115. The summed E-state index contributed by atoms with van der Waals surface area (Å²) in [6, 6.07) is 14.5. The number of ether oxygens (including phenoxy) is 2. The van der Waals surface area contributed by atoms with Gasteiger partial charge in [0.2, 0.25) is 0 Å². The summed E-state index contributed by atoms with van der Waals surface area (Å²) in [4.78, 5) is 24.9. The molecule has 130 valence electrons. The van der Waals surface area contributed by atoms with Gasteiger partial charge in [-0.3, -0.25) is 4.79 Å². The van der Waals surface area contributed by atoms with Crippen LogP contribution in [0.25, 0.3) is 0 Å². The summed E-state index contributed by atoms with van der Waals surface area (Å²) >= 11 is 0. The summed E-state index contributed by atoms with van der Waals surface area (Å²) in [5, 5.41) is 8.62. The molecule has 0 aromatic heterocycles. The molecule has 1 atom stereocenters. The normalized spacial score (nSPS) is 16.0. The molecule has 2 aromatic rings. The molecule has 0 fully saturated rings. The molecule has 0 saturated heterocycles. The van der Waals surface area contributed by atoms with Gasteiger partial charge in [-0.1, -0.05) is 24.3 Å². The predicted octanol–water partition coefficient (Wildman–Crippen LogP) is 2.43. The van der Waals surface area contributed by atoms with Gasteiger partial charge in [0.1, 0.15) is 5.75 Å². The fraction of sp³-hybridized carbons (Fsp3) is 0.263. The first-order valence-corrected chi connectivity index (χ1v) is 7.98. The average molecular weight is 341 g/mol. The number of amides is 1. The van der Waals surface area contributed by atoms with Crippen molar-refractivity contribution in [2.45, 2.75) is 12.5 Å². The summed E-state index contributed by atoms with van der Waals surface area (Å²) < 4.78 is 10.8. The third-order valence-electron chi connectivity index (χ3n) is 4.13. The van der Waals surface area contributed by atoms with Crippen molar-refractivity contribution in [3.05, 3.63) is 59.7 Å². The van der Waals surface area contributed by atoms with Gasteiger partial charge >= 0.3 is 5.97 Å². The SMILES string of the molecule is CN(C(=O)C1OCCc2ccccc21)c1ccc(OCC(=O)O)cc1. The van der Waals surface area contributed by atoms with Crippen molar-refractivity contribution >= 4 is 17.6 Å². The lowest BCUT2D eigenvalue weighted by Crippen LogP contribution is -2.35. The molecule has 2 aromatic carbocycles. The fourth-order valence-corrected chi connectivity index (χ4v) is 2.81. The van der Waals surface area contributed by atoms with Crippen LogP contribution in [0, 0.1) is 0 Å². The Bertz CT molecular complexity index is 772. The van der Waals surface area contributed by atoms with Crippen LogP contribution in [0.3, 0.4) is 0 Å². The molecule has 0 bridgehead atoms. The van der Waals surface area contributed by atoms with Crippen LogP contribution in [0.5, 0.6) is 5.75 Å². The van der Waals surface area contributed by atoms with Gasteiger partial charge in [-0.25, -0.2) is 4.79 Å². The van der Waals surface area contributed by atoms with Gasteiger partial charge in [0.15, 0.2) is 12.7 Å². The second-order valence-electron chi connectivity index (χ2n) is 5.77. The Balaban J connectivity index is 1.74. The highest BCUT2D eigenvalue weighted by atomic mass is 16.5. The number of carbonyl (C=O) groups excluding carboxylic acids is 1. The van der Waals surface area contributed by atoms with Gasteiger partial charge in [-0.2, -0.15) is 0 Å². The molecule has 1 aliphatic heterocycles. The molecule has 6 heteroatoms. The molecule has 1 unspecified atom stereocenters. The minimum atomic E-state index is -1.04. The van der Waals surface area contributed by atoms with E-state index in [1.807, 2.05) is 24.3 Å². The standard InChI is InChI=1S/C19H19NO5/c1-20(14-6-8-15(9-7-14)25-12-17(21)22)19(23)18-16-5-3-2-4-13(16)10-11-24-18/h2-9,18H,10-12H2,1H3,(H,21,22). The van der Waals surface area contributed by atoms with Gasteiger partial charge < -0.3 is 19.5 Å². The highest BCUT2D eigenvalue weighted by molar-refractivity contribution is 5.97. The van der Waals surface area contributed by atoms with E-state index in [2.05, 4.69) is 0 Å². The van der Waals surface area contributed by atoms with E-state index < -0.39 is 18.7 Å². The van der Waals surface area contributed by atoms with Gasteiger partial charge in [0.05, 0.1) is 6.61 Å².